The van der Waals surface area contributed by atoms with Crippen LogP contribution in [0.5, 0.6) is 0 Å². The summed E-state index contributed by atoms with van der Waals surface area (Å²) in [5.74, 6) is -0.294. The number of hydrogen-bond donors (Lipinski definition) is 2. The fourth-order valence-electron chi connectivity index (χ4n) is 2.48. The first-order chi connectivity index (χ1) is 11.8. The molecule has 0 amide bonds. The number of halogens is 1. The van der Waals surface area contributed by atoms with E-state index in [1.54, 1.807) is 12.1 Å². The molecule has 2 rings (SSSR count). The van der Waals surface area contributed by atoms with Crippen molar-refractivity contribution in [3.63, 3.8) is 0 Å². The second-order valence-corrected chi connectivity index (χ2v) is 7.89. The van der Waals surface area contributed by atoms with Gasteiger partial charge in [-0.15, -0.1) is 11.3 Å². The van der Waals surface area contributed by atoms with Crippen molar-refractivity contribution in [1.82, 2.24) is 0 Å². The predicted octanol–water partition coefficient (Wildman–Crippen LogP) is 5.17. The molecule has 1 aromatic carbocycles. The smallest absolute Gasteiger partial charge is 0.338 e. The van der Waals surface area contributed by atoms with Gasteiger partial charge in [-0.1, -0.05) is 43.6 Å². The minimum absolute atomic E-state index is 0.0525. The van der Waals surface area contributed by atoms with Gasteiger partial charge in [-0.05, 0) is 41.3 Å². The maximum atomic E-state index is 12.1. The average molecular weight is 379 g/mol. The molecule has 1 heterocycles. The van der Waals surface area contributed by atoms with E-state index in [9.17, 15) is 4.79 Å². The highest BCUT2D eigenvalue weighted by Crippen LogP contribution is 2.33. The summed E-state index contributed by atoms with van der Waals surface area (Å²) in [6, 6.07) is 9.02. The van der Waals surface area contributed by atoms with Gasteiger partial charge in [0, 0.05) is 7.05 Å². The summed E-state index contributed by atoms with van der Waals surface area (Å²) in [4.78, 5) is 12.8. The van der Waals surface area contributed by atoms with Crippen molar-refractivity contribution >= 4 is 39.8 Å². The van der Waals surface area contributed by atoms with Gasteiger partial charge in [0.15, 0.2) is 0 Å². The molecule has 134 valence electrons. The number of hydrogen-bond acceptors (Lipinski definition) is 5. The Bertz CT molecular complexity index is 741. The number of carbonyl (C=O) groups excluding carboxylic acids is 1. The zero-order valence-corrected chi connectivity index (χ0v) is 16.3. The van der Waals surface area contributed by atoms with Crippen LogP contribution in [0.25, 0.3) is 0 Å². The highest BCUT2D eigenvalue weighted by molar-refractivity contribution is 7.15. The van der Waals surface area contributed by atoms with Crippen molar-refractivity contribution in [3.8, 4) is 0 Å². The van der Waals surface area contributed by atoms with Crippen LogP contribution in [0, 0.1) is 10.8 Å². The highest BCUT2D eigenvalue weighted by Gasteiger charge is 2.22. The van der Waals surface area contributed by atoms with Crippen LogP contribution < -0.4 is 5.32 Å². The van der Waals surface area contributed by atoms with Gasteiger partial charge < -0.3 is 10.1 Å². The van der Waals surface area contributed by atoms with E-state index >= 15 is 0 Å². The summed E-state index contributed by atoms with van der Waals surface area (Å²) < 4.78 is 5.47. The van der Waals surface area contributed by atoms with Gasteiger partial charge in [-0.3, -0.25) is 5.41 Å². The highest BCUT2D eigenvalue weighted by atomic mass is 35.5. The molecule has 0 atom stereocenters. The topological polar surface area (TPSA) is 62.2 Å². The Morgan fingerprint density at radius 1 is 1.32 bits per heavy atom. The van der Waals surface area contributed by atoms with E-state index in [2.05, 4.69) is 19.2 Å². The van der Waals surface area contributed by atoms with Gasteiger partial charge in [-0.2, -0.15) is 0 Å². The SMILES string of the molecule is CNc1c(CCC(C)(C)COC(=O)c2ccccc2)csc1C(=N)Cl. The summed E-state index contributed by atoms with van der Waals surface area (Å²) in [6.07, 6.45) is 1.68. The molecule has 0 unspecified atom stereocenters. The molecule has 0 bridgehead atoms. The molecule has 2 aromatic rings. The van der Waals surface area contributed by atoms with Gasteiger partial charge in [-0.25, -0.2) is 4.79 Å². The molecular formula is C19H23ClN2O2S. The number of carbonyl (C=O) groups is 1. The second kappa shape index (κ2) is 8.50. The van der Waals surface area contributed by atoms with Crippen LogP contribution in [-0.2, 0) is 11.2 Å². The Kier molecular flexibility index (Phi) is 6.62. The molecular weight excluding hydrogens is 356 g/mol. The van der Waals surface area contributed by atoms with Crippen LogP contribution in [0.1, 0.15) is 41.1 Å². The summed E-state index contributed by atoms with van der Waals surface area (Å²) in [5, 5.41) is 12.8. The first-order valence-corrected chi connectivity index (χ1v) is 9.34. The molecule has 0 fully saturated rings. The zero-order valence-electron chi connectivity index (χ0n) is 14.7. The molecule has 0 spiro atoms. The second-order valence-electron chi connectivity index (χ2n) is 6.64. The van der Waals surface area contributed by atoms with E-state index in [-0.39, 0.29) is 16.6 Å². The van der Waals surface area contributed by atoms with Crippen molar-refractivity contribution in [2.75, 3.05) is 19.0 Å². The normalized spacial score (nSPS) is 11.2. The third kappa shape index (κ3) is 5.31. The number of esters is 1. The number of benzene rings is 1. The van der Waals surface area contributed by atoms with E-state index in [0.717, 1.165) is 29.0 Å². The minimum atomic E-state index is -0.294. The standard InChI is InChI=1S/C19H23ClN2O2S/c1-19(2,12-24-18(23)13-7-5-4-6-8-13)10-9-14-11-25-16(17(20)21)15(14)22-3/h4-8,11,21-22H,9-10,12H2,1-3H3. The number of ether oxygens (including phenoxy) is 1. The molecule has 0 aliphatic carbocycles. The largest absolute Gasteiger partial charge is 0.462 e. The summed E-state index contributed by atoms with van der Waals surface area (Å²) in [7, 11) is 1.83. The minimum Gasteiger partial charge on any atom is -0.462 e. The van der Waals surface area contributed by atoms with E-state index in [0.29, 0.717) is 12.2 Å². The summed E-state index contributed by atoms with van der Waals surface area (Å²) in [5.41, 5.74) is 2.47. The summed E-state index contributed by atoms with van der Waals surface area (Å²) >= 11 is 7.30. The van der Waals surface area contributed by atoms with Crippen molar-refractivity contribution < 1.29 is 9.53 Å². The van der Waals surface area contributed by atoms with E-state index < -0.39 is 0 Å². The van der Waals surface area contributed by atoms with Crippen LogP contribution in [0.2, 0.25) is 0 Å². The monoisotopic (exact) mass is 378 g/mol. The lowest BCUT2D eigenvalue weighted by molar-refractivity contribution is 0.0328. The molecule has 0 saturated carbocycles. The van der Waals surface area contributed by atoms with Gasteiger partial charge >= 0.3 is 5.97 Å². The number of thiophene rings is 1. The third-order valence-corrected chi connectivity index (χ3v) is 5.34. The third-order valence-electron chi connectivity index (χ3n) is 3.99. The van der Waals surface area contributed by atoms with Crippen molar-refractivity contribution in [3.05, 3.63) is 51.7 Å². The van der Waals surface area contributed by atoms with Crippen molar-refractivity contribution in [2.24, 2.45) is 5.41 Å². The van der Waals surface area contributed by atoms with Crippen molar-refractivity contribution in [1.29, 1.82) is 5.41 Å². The molecule has 1 aromatic heterocycles. The lowest BCUT2D eigenvalue weighted by atomic mass is 9.87. The Morgan fingerprint density at radius 3 is 2.60 bits per heavy atom. The Balaban J connectivity index is 1.93. The number of nitrogens with one attached hydrogen (secondary N) is 2. The zero-order chi connectivity index (χ0) is 18.4. The number of aryl methyl sites for hydroxylation is 1. The Hall–Kier alpha value is -1.85. The quantitative estimate of drug-likeness (QED) is 0.492. The lowest BCUT2D eigenvalue weighted by Gasteiger charge is -2.24. The van der Waals surface area contributed by atoms with Crippen LogP contribution in [0.3, 0.4) is 0 Å². The molecule has 0 aliphatic heterocycles. The van der Waals surface area contributed by atoms with Gasteiger partial charge in [0.25, 0.3) is 0 Å². The van der Waals surface area contributed by atoms with E-state index in [1.807, 2.05) is 30.6 Å². The van der Waals surface area contributed by atoms with Crippen LogP contribution in [0.4, 0.5) is 5.69 Å². The molecule has 4 nitrogen and oxygen atoms in total. The maximum Gasteiger partial charge on any atom is 0.338 e. The molecule has 0 radical (unpaired) electrons. The van der Waals surface area contributed by atoms with Crippen LogP contribution in [0.15, 0.2) is 35.7 Å². The molecule has 25 heavy (non-hydrogen) atoms. The average Bonchev–Trinajstić information content (AvgIpc) is 3.02. The van der Waals surface area contributed by atoms with E-state index in [4.69, 9.17) is 21.7 Å². The maximum absolute atomic E-state index is 12.1. The number of anilines is 1. The summed E-state index contributed by atoms with van der Waals surface area (Å²) in [6.45, 7) is 4.53. The first-order valence-electron chi connectivity index (χ1n) is 8.09. The molecule has 6 heteroatoms. The van der Waals surface area contributed by atoms with Crippen LogP contribution >= 0.6 is 22.9 Å². The molecule has 0 saturated heterocycles. The Morgan fingerprint density at radius 2 is 2.00 bits per heavy atom. The van der Waals surface area contributed by atoms with Crippen molar-refractivity contribution in [2.45, 2.75) is 26.7 Å². The van der Waals surface area contributed by atoms with Gasteiger partial charge in [0.2, 0.25) is 0 Å². The van der Waals surface area contributed by atoms with Gasteiger partial charge in [0.05, 0.1) is 22.7 Å². The van der Waals surface area contributed by atoms with Gasteiger partial charge in [0.1, 0.15) is 5.17 Å². The lowest BCUT2D eigenvalue weighted by Crippen LogP contribution is -2.22. The molecule has 0 aliphatic rings. The van der Waals surface area contributed by atoms with Crippen LogP contribution in [-0.4, -0.2) is 24.8 Å². The fraction of sp³-hybridized carbons (Fsp3) is 0.368. The fourth-order valence-corrected chi connectivity index (χ4v) is 3.66. The van der Waals surface area contributed by atoms with E-state index in [1.165, 1.54) is 11.3 Å². The number of rotatable bonds is 8. The first kappa shape index (κ1) is 19.5. The predicted molar refractivity (Wildman–Crippen MR) is 105 cm³/mol. The molecule has 2 N–H and O–H groups in total. The Labute approximate surface area is 157 Å².